The van der Waals surface area contributed by atoms with Crippen LogP contribution in [0.3, 0.4) is 0 Å². The monoisotopic (exact) mass is 1460 g/mol. The van der Waals surface area contributed by atoms with Gasteiger partial charge in [-0.2, -0.15) is 8.78 Å². The number of aliphatic hydroxyl groups is 1. The number of halogens is 3. The highest BCUT2D eigenvalue weighted by molar-refractivity contribution is 9.10. The Balaban J connectivity index is 1.01. The summed E-state index contributed by atoms with van der Waals surface area (Å²) in [5.41, 5.74) is 0.492. The van der Waals surface area contributed by atoms with Crippen LogP contribution in [-0.4, -0.2) is 153 Å². The molecule has 0 saturated carbocycles. The molecule has 0 radical (unpaired) electrons. The molecule has 1 aromatic heterocycles. The lowest BCUT2D eigenvalue weighted by Gasteiger charge is -2.35. The molecule has 24 nitrogen and oxygen atoms in total. The predicted molar refractivity (Wildman–Crippen MR) is 366 cm³/mol. The van der Waals surface area contributed by atoms with Crippen molar-refractivity contribution >= 4 is 82.1 Å². The number of nitrogens with zero attached hydrogens (tertiary/aromatic N) is 2. The number of ether oxygens (including phenoxy) is 2. The molecule has 29 heteroatoms. The van der Waals surface area contributed by atoms with Crippen molar-refractivity contribution in [1.82, 2.24) is 47.1 Å². The van der Waals surface area contributed by atoms with E-state index in [1.165, 1.54) is 41.5 Å². The van der Waals surface area contributed by atoms with Crippen LogP contribution in [0.1, 0.15) is 102 Å². The number of carbonyl (C=O) groups is 8. The fourth-order valence-electron chi connectivity index (χ4n) is 10.8. The number of β-amino-alcohol motifs (C(OH)–C–C–N with tert-alkyl or cyclic N) is 1. The lowest BCUT2D eigenvalue weighted by molar-refractivity contribution is -0.144. The van der Waals surface area contributed by atoms with Crippen LogP contribution in [0.25, 0.3) is 10.4 Å². The third-order valence-electron chi connectivity index (χ3n) is 16.3. The molecule has 11 N–H and O–H groups in total. The SMILES string of the molecule is COc1cc(CC(=O)N[C@@H](Cc2ccccc2)C(=O)N[C@@H](Cc2ccc(C(F)(F)P(=O)(O)O)cc2)C(=O)N[C@@H](CCCCNC(=O)c2ccc(C)c(Br)c2)C(=O)NCCOCCC(=O)N[C@H](C(=O)N2C[C@H](O)C[C@H]2C(=O)NCc2ccc(-c3scnc3C)cc2)C(C)(C)C)ccc1O. The molecule has 1 aliphatic heterocycles. The van der Waals surface area contributed by atoms with Crippen molar-refractivity contribution in [2.75, 3.05) is 40.0 Å². The van der Waals surface area contributed by atoms with Crippen molar-refractivity contribution in [2.24, 2.45) is 5.41 Å². The molecule has 1 fully saturated rings. The van der Waals surface area contributed by atoms with Crippen molar-refractivity contribution in [3.8, 4) is 21.9 Å². The minimum absolute atomic E-state index is 0.00820. The van der Waals surface area contributed by atoms with E-state index in [-0.39, 0.29) is 101 Å². The number of phenolic OH excluding ortho intramolecular Hbond substituents is 1. The van der Waals surface area contributed by atoms with E-state index in [2.05, 4.69) is 58.1 Å². The van der Waals surface area contributed by atoms with E-state index in [0.717, 1.165) is 56.0 Å². The second kappa shape index (κ2) is 35.3. The zero-order valence-electron chi connectivity index (χ0n) is 55.1. The maximum Gasteiger partial charge on any atom is 0.399 e. The van der Waals surface area contributed by atoms with E-state index in [1.807, 2.05) is 38.1 Å². The fourth-order valence-corrected chi connectivity index (χ4v) is 12.4. The van der Waals surface area contributed by atoms with E-state index in [4.69, 9.17) is 9.47 Å². The molecule has 98 heavy (non-hydrogen) atoms. The number of benzene rings is 5. The second-order valence-corrected chi connectivity index (χ2v) is 28.3. The molecule has 0 aliphatic carbocycles. The highest BCUT2D eigenvalue weighted by Gasteiger charge is 2.50. The molecule has 6 atom stereocenters. The maximum absolute atomic E-state index is 14.8. The number of phenols is 1. The standard InChI is InChI=1S/C69H83BrF2N9O15PS/c1-41-15-21-48(36-51(41)70)62(86)73-28-11-10-14-52(63(87)74-29-31-96-30-27-58(84)80-61(68(3,4)5)67(91)81-39-50(82)37-55(81)66(90)75-38-45-16-22-47(23-17-45)60-42(2)76-40-98-60)78-65(89)54(33-44-18-24-49(25-19-44)69(71,72)97(92,93)94)79-64(88)53(32-43-12-8-7-9-13-43)77-59(85)35-46-20-26-56(83)57(34-46)95-6/h7-9,12-13,15-26,34,36,40,50,52-55,61,82-83H,10-11,14,27-33,35,37-39H2,1-6H3,(H,73,86)(H,74,87)(H,75,90)(H,77,85)(H,78,89)(H,79,88)(H,80,84)(H2,92,93,94)/t50-,52+,53+,54+,55+,61-/m1/s1. The van der Waals surface area contributed by atoms with Crippen LogP contribution in [0.5, 0.6) is 11.5 Å². The number of hydrogen-bond donors (Lipinski definition) is 11. The topological polar surface area (TPSA) is 353 Å². The number of rotatable bonds is 33. The Hall–Kier alpha value is -8.50. The fraction of sp³-hybridized carbons (Fsp3) is 0.406. The van der Waals surface area contributed by atoms with Gasteiger partial charge in [0.15, 0.2) is 11.5 Å². The number of likely N-dealkylation sites (tertiary alicyclic amines) is 1. The molecule has 5 aromatic carbocycles. The van der Waals surface area contributed by atoms with Gasteiger partial charge in [0.1, 0.15) is 30.2 Å². The van der Waals surface area contributed by atoms with Crippen LogP contribution in [0.2, 0.25) is 0 Å². The molecule has 0 spiro atoms. The van der Waals surface area contributed by atoms with Crippen LogP contribution >= 0.6 is 34.9 Å². The summed E-state index contributed by atoms with van der Waals surface area (Å²) in [7, 11) is -4.65. The Bertz CT molecular complexity index is 3820. The van der Waals surface area contributed by atoms with Crippen LogP contribution < -0.4 is 42.0 Å². The van der Waals surface area contributed by atoms with Crippen molar-refractivity contribution in [2.45, 2.75) is 135 Å². The van der Waals surface area contributed by atoms with E-state index in [0.29, 0.717) is 23.1 Å². The van der Waals surface area contributed by atoms with Crippen molar-refractivity contribution < 1.29 is 81.2 Å². The first-order valence-electron chi connectivity index (χ1n) is 31.7. The van der Waals surface area contributed by atoms with E-state index >= 15 is 0 Å². The summed E-state index contributed by atoms with van der Waals surface area (Å²) in [5, 5.41) is 40.2. The van der Waals surface area contributed by atoms with Crippen molar-refractivity contribution in [3.05, 3.63) is 170 Å². The number of nitrogens with one attached hydrogen (secondary N) is 7. The number of unbranched alkanes of at least 4 members (excludes halogenated alkanes) is 1. The van der Waals surface area contributed by atoms with Gasteiger partial charge in [-0.1, -0.05) is 128 Å². The van der Waals surface area contributed by atoms with Gasteiger partial charge in [-0.05, 0) is 96.2 Å². The first-order valence-corrected chi connectivity index (χ1v) is 35.0. The molecule has 8 amide bonds. The number of thiazole rings is 1. The molecular formula is C69H83BrF2N9O15PS. The Labute approximate surface area is 579 Å². The molecule has 1 saturated heterocycles. The summed E-state index contributed by atoms with van der Waals surface area (Å²) in [6.07, 6.45) is -1.53. The van der Waals surface area contributed by atoms with Gasteiger partial charge >= 0.3 is 13.3 Å². The summed E-state index contributed by atoms with van der Waals surface area (Å²) in [6.45, 7) is 8.77. The van der Waals surface area contributed by atoms with Gasteiger partial charge in [0.05, 0.1) is 48.9 Å². The summed E-state index contributed by atoms with van der Waals surface area (Å²) in [5.74, 6) is -5.21. The van der Waals surface area contributed by atoms with E-state index in [9.17, 15) is 71.7 Å². The molecule has 1 aliphatic rings. The molecule has 6 aromatic rings. The minimum Gasteiger partial charge on any atom is -0.504 e. The number of hydrogen-bond acceptors (Lipinski definition) is 15. The summed E-state index contributed by atoms with van der Waals surface area (Å²) >= 11 is 4.96. The number of aromatic nitrogens is 1. The number of amides is 8. The number of methoxy groups -OCH3 is 1. The Kier molecular flexibility index (Phi) is 27.7. The highest BCUT2D eigenvalue weighted by Crippen LogP contribution is 2.59. The Morgan fingerprint density at radius 3 is 2.01 bits per heavy atom. The quantitative estimate of drug-likeness (QED) is 0.0154. The molecular weight excluding hydrogens is 1380 g/mol. The van der Waals surface area contributed by atoms with E-state index < -0.39 is 108 Å². The maximum atomic E-state index is 14.8. The average molecular weight is 1460 g/mol. The zero-order valence-corrected chi connectivity index (χ0v) is 58.4. The van der Waals surface area contributed by atoms with Gasteiger partial charge in [-0.25, -0.2) is 4.98 Å². The number of alkyl halides is 2. The summed E-state index contributed by atoms with van der Waals surface area (Å²) < 4.78 is 53.1. The summed E-state index contributed by atoms with van der Waals surface area (Å²) in [6, 6.07) is 22.9. The molecule has 2 heterocycles. The highest BCUT2D eigenvalue weighted by atomic mass is 79.9. The number of aryl methyl sites for hydroxylation is 2. The van der Waals surface area contributed by atoms with Gasteiger partial charge in [0.25, 0.3) is 5.91 Å². The van der Waals surface area contributed by atoms with Crippen LogP contribution in [0.15, 0.2) is 125 Å². The molecule has 7 rings (SSSR count). The number of carbonyl (C=O) groups excluding carboxylic acids is 8. The second-order valence-electron chi connectivity index (χ2n) is 24.9. The number of aromatic hydroxyl groups is 1. The van der Waals surface area contributed by atoms with Crippen LogP contribution in [-0.2, 0) is 74.3 Å². The first-order chi connectivity index (χ1) is 46.4. The van der Waals surface area contributed by atoms with Crippen molar-refractivity contribution in [3.63, 3.8) is 0 Å². The van der Waals surface area contributed by atoms with Gasteiger partial charge in [0.2, 0.25) is 41.4 Å². The Morgan fingerprint density at radius 1 is 0.735 bits per heavy atom. The van der Waals surface area contributed by atoms with Gasteiger partial charge < -0.3 is 71.6 Å². The first kappa shape index (κ1) is 76.9. The number of aliphatic hydroxyl groups excluding tert-OH is 1. The minimum atomic E-state index is -5.98. The lowest BCUT2D eigenvalue weighted by Crippen LogP contribution is -2.58. The largest absolute Gasteiger partial charge is 0.504 e. The zero-order chi connectivity index (χ0) is 71.5. The van der Waals surface area contributed by atoms with Gasteiger partial charge in [0, 0.05) is 67.5 Å². The lowest BCUT2D eigenvalue weighted by atomic mass is 9.85. The summed E-state index contributed by atoms with van der Waals surface area (Å²) in [4.78, 5) is 137. The van der Waals surface area contributed by atoms with Crippen molar-refractivity contribution in [1.29, 1.82) is 0 Å². The van der Waals surface area contributed by atoms with E-state index in [1.54, 1.807) is 74.8 Å². The smallest absolute Gasteiger partial charge is 0.399 e. The Morgan fingerprint density at radius 2 is 1.38 bits per heavy atom. The van der Waals surface area contributed by atoms with Gasteiger partial charge in [-0.3, -0.25) is 42.9 Å². The predicted octanol–water partition coefficient (Wildman–Crippen LogP) is 6.55. The normalized spacial score (nSPS) is 15.2. The third kappa shape index (κ3) is 22.0. The molecule has 526 valence electrons. The van der Waals surface area contributed by atoms with Gasteiger partial charge in [-0.15, -0.1) is 11.3 Å². The molecule has 0 unspecified atom stereocenters. The molecule has 0 bridgehead atoms. The average Bonchev–Trinajstić information content (AvgIpc) is 1.40. The van der Waals surface area contributed by atoms with Crippen LogP contribution in [0, 0.1) is 19.3 Å². The van der Waals surface area contributed by atoms with Crippen LogP contribution in [0.4, 0.5) is 8.78 Å². The third-order valence-corrected chi connectivity index (χ3v) is 19.1.